The first-order valence-electron chi connectivity index (χ1n) is 15.6. The second-order valence-electron chi connectivity index (χ2n) is 12.2. The van der Waals surface area contributed by atoms with Crippen LogP contribution in [0.4, 0.5) is 21.7 Å². The van der Waals surface area contributed by atoms with Crippen LogP contribution in [0, 0.1) is 28.1 Å². The van der Waals surface area contributed by atoms with Gasteiger partial charge in [-0.2, -0.15) is 15.5 Å². The number of carbonyl (C=O) groups is 1. The summed E-state index contributed by atoms with van der Waals surface area (Å²) in [5.74, 6) is 0.679. The first kappa shape index (κ1) is 29.8. The van der Waals surface area contributed by atoms with E-state index in [1.54, 1.807) is 18.2 Å². The molecule has 2 atom stereocenters. The van der Waals surface area contributed by atoms with Crippen LogP contribution in [0.5, 0.6) is 5.75 Å². The molecule has 13 heteroatoms. The maximum absolute atomic E-state index is 15.1. The molecule has 4 aliphatic rings. The Morgan fingerprint density at radius 1 is 1.04 bits per heavy atom. The quantitative estimate of drug-likeness (QED) is 0.395. The number of nitrogens with one attached hydrogen (secondary N) is 1. The number of carbonyl (C=O) groups excluding carboxylic acids is 1. The summed E-state index contributed by atoms with van der Waals surface area (Å²) in [7, 11) is 0. The predicted molar refractivity (Wildman–Crippen MR) is 166 cm³/mol. The largest absolute Gasteiger partial charge is 0.486 e. The van der Waals surface area contributed by atoms with E-state index < -0.39 is 17.7 Å². The Morgan fingerprint density at radius 2 is 1.83 bits per heavy atom. The Hall–Kier alpha value is -4.85. The van der Waals surface area contributed by atoms with Gasteiger partial charge in [0.1, 0.15) is 29.7 Å². The first-order valence-corrected chi connectivity index (χ1v) is 15.6. The average Bonchev–Trinajstić information content (AvgIpc) is 3.87. The summed E-state index contributed by atoms with van der Waals surface area (Å²) in [6.07, 6.45) is 0.456. The summed E-state index contributed by atoms with van der Waals surface area (Å²) in [6.45, 7) is 5.87. The number of aromatic nitrogens is 3. The molecule has 236 valence electrons. The zero-order valence-electron chi connectivity index (χ0n) is 25.3. The number of piperidine rings is 1. The smallest absolute Gasteiger partial charge is 0.243 e. The van der Waals surface area contributed by atoms with Crippen molar-refractivity contribution < 1.29 is 18.7 Å². The number of nitriles is 2. The van der Waals surface area contributed by atoms with Gasteiger partial charge in [0.15, 0.2) is 12.0 Å². The number of nitrogens with zero attached hydrogens (tertiary/aromatic N) is 8. The number of hydrogen-bond acceptors (Lipinski definition) is 11. The maximum atomic E-state index is 15.1. The SMILES string of the molecule is N#Cc1cc(-c2ncnc(Nc3ccc(N4CCN(C5COC5)CC4)cc3)n2)ccc1OC1CCN(C(=O)C2(C#N)CC2)CC1F. The maximum Gasteiger partial charge on any atom is 0.243 e. The van der Waals surface area contributed by atoms with Gasteiger partial charge in [0.25, 0.3) is 0 Å². The van der Waals surface area contributed by atoms with E-state index in [4.69, 9.17) is 9.47 Å². The van der Waals surface area contributed by atoms with Crippen LogP contribution >= 0.6 is 0 Å². The Bertz CT molecular complexity index is 1670. The molecule has 12 nitrogen and oxygen atoms in total. The molecule has 1 amide bonds. The summed E-state index contributed by atoms with van der Waals surface area (Å²) in [6, 6.07) is 17.9. The number of benzene rings is 2. The van der Waals surface area contributed by atoms with Gasteiger partial charge in [0.2, 0.25) is 11.9 Å². The molecule has 7 rings (SSSR count). The molecule has 46 heavy (non-hydrogen) atoms. The molecule has 0 bridgehead atoms. The Labute approximate surface area is 266 Å². The molecule has 0 radical (unpaired) electrons. The highest BCUT2D eigenvalue weighted by molar-refractivity contribution is 5.88. The number of hydrogen-bond donors (Lipinski definition) is 1. The van der Waals surface area contributed by atoms with Crippen molar-refractivity contribution in [3.63, 3.8) is 0 Å². The van der Waals surface area contributed by atoms with Crippen LogP contribution in [0.2, 0.25) is 0 Å². The molecular formula is C33H34FN9O3. The van der Waals surface area contributed by atoms with Crippen molar-refractivity contribution in [1.82, 2.24) is 24.8 Å². The van der Waals surface area contributed by atoms with E-state index in [9.17, 15) is 15.3 Å². The third kappa shape index (κ3) is 6.04. The molecular weight excluding hydrogens is 589 g/mol. The molecule has 2 aromatic carbocycles. The molecule has 1 aliphatic carbocycles. The number of halogens is 1. The van der Waals surface area contributed by atoms with Gasteiger partial charge >= 0.3 is 0 Å². The Kier molecular flexibility index (Phi) is 8.11. The van der Waals surface area contributed by atoms with Gasteiger partial charge in [0.05, 0.1) is 37.4 Å². The molecule has 1 aromatic heterocycles. The highest BCUT2D eigenvalue weighted by Gasteiger charge is 2.53. The van der Waals surface area contributed by atoms with Crippen LogP contribution in [0.1, 0.15) is 24.8 Å². The normalized spacial score (nSPS) is 22.7. The molecule has 3 aromatic rings. The lowest BCUT2D eigenvalue weighted by Gasteiger charge is -2.43. The average molecular weight is 624 g/mol. The van der Waals surface area contributed by atoms with E-state index >= 15 is 4.39 Å². The summed E-state index contributed by atoms with van der Waals surface area (Å²) in [4.78, 5) is 32.1. The number of ether oxygens (including phenoxy) is 2. The molecule has 2 unspecified atom stereocenters. The minimum atomic E-state index is -1.44. The van der Waals surface area contributed by atoms with Crippen molar-refractivity contribution >= 4 is 23.2 Å². The van der Waals surface area contributed by atoms with Crippen LogP contribution in [0.25, 0.3) is 11.4 Å². The van der Waals surface area contributed by atoms with Gasteiger partial charge in [-0.25, -0.2) is 14.4 Å². The highest BCUT2D eigenvalue weighted by atomic mass is 19.1. The highest BCUT2D eigenvalue weighted by Crippen LogP contribution is 2.47. The second kappa shape index (κ2) is 12.5. The van der Waals surface area contributed by atoms with Crippen molar-refractivity contribution in [3.8, 4) is 29.3 Å². The molecule has 3 saturated heterocycles. The first-order chi connectivity index (χ1) is 22.4. The minimum Gasteiger partial charge on any atom is -0.486 e. The number of alkyl halides is 1. The molecule has 0 spiro atoms. The molecule has 4 fully saturated rings. The van der Waals surface area contributed by atoms with Crippen molar-refractivity contribution in [3.05, 3.63) is 54.4 Å². The summed E-state index contributed by atoms with van der Waals surface area (Å²) in [5.41, 5.74) is 1.83. The molecule has 3 aliphatic heterocycles. The minimum absolute atomic E-state index is 0.135. The zero-order valence-corrected chi connectivity index (χ0v) is 25.3. The fraction of sp³-hybridized carbons (Fsp3) is 0.455. The number of piperazine rings is 1. The fourth-order valence-corrected chi connectivity index (χ4v) is 6.18. The summed E-state index contributed by atoms with van der Waals surface area (Å²) >= 11 is 0. The van der Waals surface area contributed by atoms with Crippen molar-refractivity contribution in [2.45, 2.75) is 37.6 Å². The van der Waals surface area contributed by atoms with Gasteiger partial charge in [-0.15, -0.1) is 0 Å². The predicted octanol–water partition coefficient (Wildman–Crippen LogP) is 3.30. The summed E-state index contributed by atoms with van der Waals surface area (Å²) < 4.78 is 26.4. The van der Waals surface area contributed by atoms with Gasteiger partial charge in [-0.1, -0.05) is 0 Å². The van der Waals surface area contributed by atoms with E-state index in [1.807, 2.05) is 12.1 Å². The fourth-order valence-electron chi connectivity index (χ4n) is 6.18. The van der Waals surface area contributed by atoms with Crippen LogP contribution < -0.4 is 15.0 Å². The van der Waals surface area contributed by atoms with Gasteiger partial charge in [-0.3, -0.25) is 9.69 Å². The monoisotopic (exact) mass is 623 g/mol. The van der Waals surface area contributed by atoms with Gasteiger partial charge in [0, 0.05) is 56.1 Å². The van der Waals surface area contributed by atoms with E-state index in [1.165, 1.54) is 16.9 Å². The van der Waals surface area contributed by atoms with Crippen LogP contribution in [-0.2, 0) is 9.53 Å². The number of anilines is 3. The standard InChI is InChI=1S/C33H34FN9O3/c34-27-17-43(31(44)33(20-36)8-9-33)10-7-29(27)46-28-6-1-22(15-23(28)16-35)30-37-21-38-32(40-30)39-24-2-4-25(5-3-24)41-11-13-42(14-12-41)26-18-45-19-26/h1-6,15,21,26-27,29H,7-14,17-19H2,(H,37,38,39,40). The third-order valence-corrected chi connectivity index (χ3v) is 9.29. The van der Waals surface area contributed by atoms with E-state index in [0.29, 0.717) is 42.8 Å². The second-order valence-corrected chi connectivity index (χ2v) is 12.2. The Balaban J connectivity index is 0.967. The lowest BCUT2D eigenvalue weighted by molar-refractivity contribution is -0.138. The lowest BCUT2D eigenvalue weighted by atomic mass is 10.0. The van der Waals surface area contributed by atoms with E-state index in [0.717, 1.165) is 45.1 Å². The third-order valence-electron chi connectivity index (χ3n) is 9.29. The lowest BCUT2D eigenvalue weighted by Crippen LogP contribution is -2.56. The molecule has 1 saturated carbocycles. The van der Waals surface area contributed by atoms with Gasteiger partial charge in [-0.05, 0) is 55.3 Å². The van der Waals surface area contributed by atoms with Crippen LogP contribution in [0.15, 0.2) is 48.8 Å². The molecule has 4 heterocycles. The summed E-state index contributed by atoms with van der Waals surface area (Å²) in [5, 5.41) is 22.4. The van der Waals surface area contributed by atoms with Crippen LogP contribution in [-0.4, -0.2) is 101 Å². The van der Waals surface area contributed by atoms with Gasteiger partial charge < -0.3 is 24.6 Å². The topological polar surface area (TPSA) is 144 Å². The Morgan fingerprint density at radius 3 is 2.48 bits per heavy atom. The van der Waals surface area contributed by atoms with Crippen molar-refractivity contribution in [1.29, 1.82) is 10.5 Å². The number of likely N-dealkylation sites (tertiary alicyclic amines) is 1. The molecule has 1 N–H and O–H groups in total. The van der Waals surface area contributed by atoms with Crippen molar-refractivity contribution in [2.75, 3.05) is 62.7 Å². The number of amides is 1. The van der Waals surface area contributed by atoms with Crippen LogP contribution in [0.3, 0.4) is 0 Å². The zero-order chi connectivity index (χ0) is 31.7. The van der Waals surface area contributed by atoms with Crippen molar-refractivity contribution in [2.24, 2.45) is 5.41 Å². The van der Waals surface area contributed by atoms with E-state index in [2.05, 4.69) is 54.3 Å². The number of rotatable bonds is 8. The van der Waals surface area contributed by atoms with E-state index in [-0.39, 0.29) is 30.2 Å².